The standard InChI is InChI=1S/C17H22F3NO3/c1-4-7-13-8-5-6-9-15(13)24-11-14(22)10-21(12(2)3)16(23)17(18,19)20/h4-6,8-9,12,14,22H,1,7,10-11H2,2-3H3. The molecule has 0 aliphatic carbocycles. The Bertz CT molecular complexity index is 558. The van der Waals surface area contributed by atoms with Crippen LogP contribution in [0.15, 0.2) is 36.9 Å². The molecule has 0 heterocycles. The molecule has 1 rings (SSSR count). The minimum Gasteiger partial charge on any atom is -0.491 e. The van der Waals surface area contributed by atoms with Gasteiger partial charge in [-0.3, -0.25) is 4.79 Å². The SMILES string of the molecule is C=CCc1ccccc1OCC(O)CN(C(=O)C(F)(F)F)C(C)C. The predicted molar refractivity (Wildman–Crippen MR) is 84.7 cm³/mol. The van der Waals surface area contributed by atoms with Crippen LogP contribution in [-0.4, -0.2) is 47.4 Å². The summed E-state index contributed by atoms with van der Waals surface area (Å²) >= 11 is 0. The van der Waals surface area contributed by atoms with E-state index >= 15 is 0 Å². The molecular weight excluding hydrogens is 323 g/mol. The van der Waals surface area contributed by atoms with Gasteiger partial charge in [0.25, 0.3) is 0 Å². The van der Waals surface area contributed by atoms with Crippen LogP contribution in [0.4, 0.5) is 13.2 Å². The van der Waals surface area contributed by atoms with Crippen LogP contribution in [-0.2, 0) is 11.2 Å². The number of ether oxygens (including phenoxy) is 1. The van der Waals surface area contributed by atoms with Crippen LogP contribution >= 0.6 is 0 Å². The Labute approximate surface area is 139 Å². The first-order valence-corrected chi connectivity index (χ1v) is 7.54. The lowest BCUT2D eigenvalue weighted by Crippen LogP contribution is -2.49. The number of carbonyl (C=O) groups is 1. The Morgan fingerprint density at radius 3 is 2.54 bits per heavy atom. The molecule has 7 heteroatoms. The van der Waals surface area contributed by atoms with Crippen molar-refractivity contribution in [3.8, 4) is 5.75 Å². The average molecular weight is 345 g/mol. The molecule has 0 aliphatic rings. The Balaban J connectivity index is 2.69. The van der Waals surface area contributed by atoms with Crippen molar-refractivity contribution < 1.29 is 27.8 Å². The van der Waals surface area contributed by atoms with Gasteiger partial charge in [-0.15, -0.1) is 6.58 Å². The normalized spacial score (nSPS) is 12.8. The van der Waals surface area contributed by atoms with E-state index < -0.39 is 30.8 Å². The fraction of sp³-hybridized carbons (Fsp3) is 0.471. The van der Waals surface area contributed by atoms with Crippen LogP contribution in [0.1, 0.15) is 19.4 Å². The summed E-state index contributed by atoms with van der Waals surface area (Å²) in [6, 6.07) is 6.41. The summed E-state index contributed by atoms with van der Waals surface area (Å²) in [5.41, 5.74) is 0.854. The first-order chi connectivity index (χ1) is 11.2. The van der Waals surface area contributed by atoms with E-state index in [4.69, 9.17) is 4.74 Å². The zero-order valence-electron chi connectivity index (χ0n) is 13.7. The number of hydrogen-bond donors (Lipinski definition) is 1. The van der Waals surface area contributed by atoms with Gasteiger partial charge in [0.15, 0.2) is 0 Å². The highest BCUT2D eigenvalue weighted by atomic mass is 19.4. The van der Waals surface area contributed by atoms with Crippen LogP contribution in [0.2, 0.25) is 0 Å². The van der Waals surface area contributed by atoms with Crippen molar-refractivity contribution in [1.29, 1.82) is 0 Å². The van der Waals surface area contributed by atoms with E-state index in [2.05, 4.69) is 6.58 Å². The van der Waals surface area contributed by atoms with E-state index in [9.17, 15) is 23.1 Å². The number of rotatable bonds is 8. The van der Waals surface area contributed by atoms with E-state index in [1.165, 1.54) is 13.8 Å². The zero-order chi connectivity index (χ0) is 18.3. The van der Waals surface area contributed by atoms with Gasteiger partial charge >= 0.3 is 12.1 Å². The summed E-state index contributed by atoms with van der Waals surface area (Å²) in [4.78, 5) is 12.0. The Morgan fingerprint density at radius 1 is 1.38 bits per heavy atom. The maximum absolute atomic E-state index is 12.6. The molecule has 1 aromatic rings. The molecule has 1 atom stereocenters. The molecule has 0 bridgehead atoms. The summed E-state index contributed by atoms with van der Waals surface area (Å²) in [7, 11) is 0. The first kappa shape index (κ1) is 20.0. The first-order valence-electron chi connectivity index (χ1n) is 7.54. The number of carbonyl (C=O) groups excluding carboxylic acids is 1. The molecule has 0 saturated carbocycles. The Morgan fingerprint density at radius 2 is 2.00 bits per heavy atom. The molecule has 0 fully saturated rings. The quantitative estimate of drug-likeness (QED) is 0.737. The molecule has 1 N–H and O–H groups in total. The van der Waals surface area contributed by atoms with Crippen molar-refractivity contribution in [2.24, 2.45) is 0 Å². The van der Waals surface area contributed by atoms with E-state index in [1.54, 1.807) is 18.2 Å². The molecule has 134 valence electrons. The van der Waals surface area contributed by atoms with E-state index in [0.717, 1.165) is 5.56 Å². The van der Waals surface area contributed by atoms with Crippen LogP contribution in [0.5, 0.6) is 5.75 Å². The summed E-state index contributed by atoms with van der Waals surface area (Å²) in [6.07, 6.45) is -3.95. The van der Waals surface area contributed by atoms with Crippen LogP contribution in [0.25, 0.3) is 0 Å². The summed E-state index contributed by atoms with van der Waals surface area (Å²) in [5.74, 6) is -1.45. The molecule has 1 amide bonds. The van der Waals surface area contributed by atoms with Gasteiger partial charge in [-0.2, -0.15) is 13.2 Å². The van der Waals surface area contributed by atoms with E-state index in [-0.39, 0.29) is 6.61 Å². The maximum atomic E-state index is 12.6. The number of benzene rings is 1. The number of allylic oxidation sites excluding steroid dienone is 1. The molecule has 4 nitrogen and oxygen atoms in total. The topological polar surface area (TPSA) is 49.8 Å². The van der Waals surface area contributed by atoms with Crippen molar-refractivity contribution in [3.63, 3.8) is 0 Å². The molecule has 0 aromatic heterocycles. The molecule has 1 aromatic carbocycles. The fourth-order valence-corrected chi connectivity index (χ4v) is 2.13. The second-order valence-corrected chi connectivity index (χ2v) is 5.61. The predicted octanol–water partition coefficient (Wildman–Crippen LogP) is 2.95. The van der Waals surface area contributed by atoms with E-state index in [0.29, 0.717) is 17.1 Å². The molecule has 0 spiro atoms. The van der Waals surface area contributed by atoms with Crippen molar-refractivity contribution in [2.45, 2.75) is 38.6 Å². The van der Waals surface area contributed by atoms with Crippen LogP contribution < -0.4 is 4.74 Å². The van der Waals surface area contributed by atoms with Crippen LogP contribution in [0, 0.1) is 0 Å². The van der Waals surface area contributed by atoms with Crippen molar-refractivity contribution >= 4 is 5.91 Å². The highest BCUT2D eigenvalue weighted by Gasteiger charge is 2.43. The summed E-state index contributed by atoms with van der Waals surface area (Å²) in [5, 5.41) is 9.96. The van der Waals surface area contributed by atoms with Gasteiger partial charge in [0.05, 0.1) is 6.54 Å². The monoisotopic (exact) mass is 345 g/mol. The van der Waals surface area contributed by atoms with Gasteiger partial charge in [-0.1, -0.05) is 24.3 Å². The fourth-order valence-electron chi connectivity index (χ4n) is 2.13. The number of alkyl halides is 3. The number of aliphatic hydroxyl groups is 1. The number of aliphatic hydroxyl groups excluding tert-OH is 1. The highest BCUT2D eigenvalue weighted by molar-refractivity contribution is 5.82. The van der Waals surface area contributed by atoms with Gasteiger partial charge < -0.3 is 14.7 Å². The summed E-state index contributed by atoms with van der Waals surface area (Å²) < 4.78 is 43.2. The smallest absolute Gasteiger partial charge is 0.471 e. The van der Waals surface area contributed by atoms with Gasteiger partial charge in [0.1, 0.15) is 18.5 Å². The van der Waals surface area contributed by atoms with Gasteiger partial charge in [-0.05, 0) is 31.9 Å². The molecule has 0 radical (unpaired) electrons. The summed E-state index contributed by atoms with van der Waals surface area (Å²) in [6.45, 7) is 5.87. The van der Waals surface area contributed by atoms with E-state index in [1.807, 2.05) is 12.1 Å². The third-order valence-electron chi connectivity index (χ3n) is 3.30. The van der Waals surface area contributed by atoms with Gasteiger partial charge in [0, 0.05) is 6.04 Å². The van der Waals surface area contributed by atoms with Crippen molar-refractivity contribution in [3.05, 3.63) is 42.5 Å². The number of amides is 1. The molecule has 0 aliphatic heterocycles. The van der Waals surface area contributed by atoms with Crippen molar-refractivity contribution in [1.82, 2.24) is 4.90 Å². The average Bonchev–Trinajstić information content (AvgIpc) is 2.50. The second-order valence-electron chi connectivity index (χ2n) is 5.61. The second kappa shape index (κ2) is 8.73. The highest BCUT2D eigenvalue weighted by Crippen LogP contribution is 2.21. The molecule has 24 heavy (non-hydrogen) atoms. The maximum Gasteiger partial charge on any atom is 0.471 e. The zero-order valence-corrected chi connectivity index (χ0v) is 13.7. The van der Waals surface area contributed by atoms with Gasteiger partial charge in [-0.25, -0.2) is 0 Å². The minimum atomic E-state index is -4.97. The third-order valence-corrected chi connectivity index (χ3v) is 3.30. The molecule has 1 unspecified atom stereocenters. The van der Waals surface area contributed by atoms with Gasteiger partial charge in [0.2, 0.25) is 0 Å². The Kier molecular flexibility index (Phi) is 7.28. The van der Waals surface area contributed by atoms with Crippen molar-refractivity contribution in [2.75, 3.05) is 13.2 Å². The lowest BCUT2D eigenvalue weighted by atomic mass is 10.1. The molecule has 0 saturated heterocycles. The lowest BCUT2D eigenvalue weighted by molar-refractivity contribution is -0.188. The minimum absolute atomic E-state index is 0.220. The number of halogens is 3. The molecular formula is C17H22F3NO3. The van der Waals surface area contributed by atoms with Crippen LogP contribution in [0.3, 0.4) is 0 Å². The number of para-hydroxylation sites is 1. The largest absolute Gasteiger partial charge is 0.491 e. The number of nitrogens with zero attached hydrogens (tertiary/aromatic N) is 1. The third kappa shape index (κ3) is 5.88. The number of hydrogen-bond acceptors (Lipinski definition) is 3. The Hall–Kier alpha value is -2.02. The lowest BCUT2D eigenvalue weighted by Gasteiger charge is -2.29.